The van der Waals surface area contributed by atoms with Gasteiger partial charge in [-0.15, -0.1) is 11.6 Å². The monoisotopic (exact) mass is 199 g/mol. The maximum absolute atomic E-state index is 9.16. The standard InChI is InChI=1S/C11H18ClN/c1-10-3-6-11(9-13,7-4-10)5-2-8-12/h10H,2-8H2,1H3. The van der Waals surface area contributed by atoms with Gasteiger partial charge in [-0.2, -0.15) is 5.26 Å². The number of nitriles is 1. The minimum atomic E-state index is -0.0264. The van der Waals surface area contributed by atoms with Crippen molar-refractivity contribution in [2.75, 3.05) is 5.88 Å². The summed E-state index contributed by atoms with van der Waals surface area (Å²) in [5, 5.41) is 9.16. The molecule has 1 saturated carbocycles. The smallest absolute Gasteiger partial charge is 0.0689 e. The average molecular weight is 200 g/mol. The van der Waals surface area contributed by atoms with Gasteiger partial charge in [0.2, 0.25) is 0 Å². The molecule has 0 aromatic carbocycles. The molecule has 1 fully saturated rings. The van der Waals surface area contributed by atoms with Crippen molar-refractivity contribution in [1.82, 2.24) is 0 Å². The Kier molecular flexibility index (Phi) is 4.06. The molecule has 0 saturated heterocycles. The van der Waals surface area contributed by atoms with Crippen molar-refractivity contribution in [1.29, 1.82) is 5.26 Å². The molecule has 74 valence electrons. The highest BCUT2D eigenvalue weighted by molar-refractivity contribution is 6.17. The van der Waals surface area contributed by atoms with Gasteiger partial charge in [0.25, 0.3) is 0 Å². The van der Waals surface area contributed by atoms with Crippen molar-refractivity contribution in [3.63, 3.8) is 0 Å². The van der Waals surface area contributed by atoms with E-state index in [2.05, 4.69) is 13.0 Å². The third-order valence-corrected chi connectivity index (χ3v) is 3.52. The number of hydrogen-bond donors (Lipinski definition) is 0. The Labute approximate surface area is 86.1 Å². The fourth-order valence-corrected chi connectivity index (χ4v) is 2.27. The van der Waals surface area contributed by atoms with Crippen LogP contribution in [0, 0.1) is 22.7 Å². The summed E-state index contributed by atoms with van der Waals surface area (Å²) in [6.45, 7) is 2.28. The van der Waals surface area contributed by atoms with Gasteiger partial charge in [0.1, 0.15) is 0 Å². The summed E-state index contributed by atoms with van der Waals surface area (Å²) in [5.41, 5.74) is -0.0264. The summed E-state index contributed by atoms with van der Waals surface area (Å²) in [5.74, 6) is 1.51. The molecule has 0 aliphatic heterocycles. The van der Waals surface area contributed by atoms with Crippen molar-refractivity contribution in [2.24, 2.45) is 11.3 Å². The Morgan fingerprint density at radius 2 is 2.08 bits per heavy atom. The molecule has 1 nitrogen and oxygen atoms in total. The average Bonchev–Trinajstić information content (AvgIpc) is 2.18. The zero-order valence-corrected chi connectivity index (χ0v) is 9.11. The fraction of sp³-hybridized carbons (Fsp3) is 0.909. The molecule has 0 heterocycles. The largest absolute Gasteiger partial charge is 0.198 e. The zero-order valence-electron chi connectivity index (χ0n) is 8.35. The van der Waals surface area contributed by atoms with Crippen LogP contribution in [-0.4, -0.2) is 5.88 Å². The van der Waals surface area contributed by atoms with Crippen molar-refractivity contribution >= 4 is 11.6 Å². The Bertz CT molecular complexity index is 181. The van der Waals surface area contributed by atoms with E-state index < -0.39 is 0 Å². The molecule has 0 aromatic heterocycles. The van der Waals surface area contributed by atoms with Crippen LogP contribution in [-0.2, 0) is 0 Å². The molecule has 2 heteroatoms. The number of rotatable bonds is 3. The summed E-state index contributed by atoms with van der Waals surface area (Å²) in [7, 11) is 0. The van der Waals surface area contributed by atoms with Crippen LogP contribution >= 0.6 is 11.6 Å². The van der Waals surface area contributed by atoms with E-state index >= 15 is 0 Å². The van der Waals surface area contributed by atoms with Crippen molar-refractivity contribution in [2.45, 2.75) is 45.4 Å². The second-order valence-electron chi connectivity index (χ2n) is 4.37. The van der Waals surface area contributed by atoms with E-state index in [0.29, 0.717) is 5.88 Å². The summed E-state index contributed by atoms with van der Waals surface area (Å²) < 4.78 is 0. The lowest BCUT2D eigenvalue weighted by molar-refractivity contribution is 0.205. The minimum absolute atomic E-state index is 0.0264. The Hall–Kier alpha value is -0.220. The van der Waals surface area contributed by atoms with Crippen LogP contribution in [0.4, 0.5) is 0 Å². The maximum Gasteiger partial charge on any atom is 0.0689 e. The number of alkyl halides is 1. The molecular formula is C11H18ClN. The molecule has 0 radical (unpaired) electrons. The molecule has 0 amide bonds. The molecule has 0 atom stereocenters. The van der Waals surface area contributed by atoms with Crippen molar-refractivity contribution < 1.29 is 0 Å². The molecule has 13 heavy (non-hydrogen) atoms. The number of hydrogen-bond acceptors (Lipinski definition) is 1. The molecule has 0 aromatic rings. The normalized spacial score (nSPS) is 34.1. The highest BCUT2D eigenvalue weighted by atomic mass is 35.5. The quantitative estimate of drug-likeness (QED) is 0.636. The lowest BCUT2D eigenvalue weighted by Gasteiger charge is -2.33. The molecule has 1 aliphatic carbocycles. The topological polar surface area (TPSA) is 23.8 Å². The van der Waals surface area contributed by atoms with Gasteiger partial charge in [-0.05, 0) is 44.4 Å². The molecular weight excluding hydrogens is 182 g/mol. The first-order valence-corrected chi connectivity index (χ1v) is 5.73. The highest BCUT2D eigenvalue weighted by Crippen LogP contribution is 2.41. The van der Waals surface area contributed by atoms with Crippen LogP contribution in [0.15, 0.2) is 0 Å². The summed E-state index contributed by atoms with van der Waals surface area (Å²) in [6, 6.07) is 2.51. The third-order valence-electron chi connectivity index (χ3n) is 3.26. The summed E-state index contributed by atoms with van der Waals surface area (Å²) >= 11 is 5.66. The number of halogens is 1. The van der Waals surface area contributed by atoms with Crippen LogP contribution in [0.5, 0.6) is 0 Å². The molecule has 1 rings (SSSR count). The molecule has 0 unspecified atom stereocenters. The number of nitrogens with zero attached hydrogens (tertiary/aromatic N) is 1. The van der Waals surface area contributed by atoms with Crippen LogP contribution < -0.4 is 0 Å². The summed E-state index contributed by atoms with van der Waals surface area (Å²) in [4.78, 5) is 0. The second-order valence-corrected chi connectivity index (χ2v) is 4.75. The van der Waals surface area contributed by atoms with E-state index in [1.54, 1.807) is 0 Å². The van der Waals surface area contributed by atoms with E-state index in [9.17, 15) is 0 Å². The third kappa shape index (κ3) is 2.88. The Morgan fingerprint density at radius 3 is 2.54 bits per heavy atom. The van der Waals surface area contributed by atoms with Gasteiger partial charge in [-0.3, -0.25) is 0 Å². The first-order chi connectivity index (χ1) is 6.22. The van der Waals surface area contributed by atoms with Gasteiger partial charge in [0.05, 0.1) is 11.5 Å². The second kappa shape index (κ2) is 4.86. The molecule has 1 aliphatic rings. The Morgan fingerprint density at radius 1 is 1.46 bits per heavy atom. The van der Waals surface area contributed by atoms with Crippen molar-refractivity contribution in [3.8, 4) is 6.07 Å². The van der Waals surface area contributed by atoms with E-state index in [1.807, 2.05) is 0 Å². The highest BCUT2D eigenvalue weighted by Gasteiger charge is 2.33. The van der Waals surface area contributed by atoms with Gasteiger partial charge < -0.3 is 0 Å². The first-order valence-electron chi connectivity index (χ1n) is 5.20. The van der Waals surface area contributed by atoms with Crippen LogP contribution in [0.3, 0.4) is 0 Å². The van der Waals surface area contributed by atoms with Gasteiger partial charge in [-0.25, -0.2) is 0 Å². The van der Waals surface area contributed by atoms with E-state index in [4.69, 9.17) is 16.9 Å². The van der Waals surface area contributed by atoms with Gasteiger partial charge in [0, 0.05) is 5.88 Å². The molecule has 0 bridgehead atoms. The fourth-order valence-electron chi connectivity index (χ4n) is 2.14. The predicted octanol–water partition coefficient (Wildman–Crippen LogP) is 3.73. The molecule has 0 N–H and O–H groups in total. The van der Waals surface area contributed by atoms with E-state index in [-0.39, 0.29) is 5.41 Å². The zero-order chi connectivity index (χ0) is 9.73. The minimum Gasteiger partial charge on any atom is -0.198 e. The van der Waals surface area contributed by atoms with Gasteiger partial charge in [-0.1, -0.05) is 6.92 Å². The predicted molar refractivity (Wildman–Crippen MR) is 55.6 cm³/mol. The van der Waals surface area contributed by atoms with Crippen LogP contribution in [0.1, 0.15) is 45.4 Å². The van der Waals surface area contributed by atoms with E-state index in [0.717, 1.165) is 31.6 Å². The maximum atomic E-state index is 9.16. The lowest BCUT2D eigenvalue weighted by atomic mass is 9.69. The van der Waals surface area contributed by atoms with Crippen LogP contribution in [0.25, 0.3) is 0 Å². The SMILES string of the molecule is CC1CCC(C#N)(CCCCl)CC1. The van der Waals surface area contributed by atoms with Gasteiger partial charge >= 0.3 is 0 Å². The first kappa shape index (κ1) is 10.9. The van der Waals surface area contributed by atoms with E-state index in [1.165, 1.54) is 12.8 Å². The van der Waals surface area contributed by atoms with Gasteiger partial charge in [0.15, 0.2) is 0 Å². The van der Waals surface area contributed by atoms with Crippen LogP contribution in [0.2, 0.25) is 0 Å². The lowest BCUT2D eigenvalue weighted by Crippen LogP contribution is -2.25. The molecule has 0 spiro atoms. The summed E-state index contributed by atoms with van der Waals surface area (Å²) in [6.07, 6.45) is 6.60. The van der Waals surface area contributed by atoms with Crippen molar-refractivity contribution in [3.05, 3.63) is 0 Å². The Balaban J connectivity index is 2.46.